The number of nitrogens with one attached hydrogen (secondary N) is 1. The molecule has 6 nitrogen and oxygen atoms in total. The van der Waals surface area contributed by atoms with E-state index in [4.69, 9.17) is 16.3 Å². The second kappa shape index (κ2) is 7.51. The van der Waals surface area contributed by atoms with Crippen molar-refractivity contribution in [2.75, 3.05) is 0 Å². The zero-order valence-electron chi connectivity index (χ0n) is 12.2. The van der Waals surface area contributed by atoms with Gasteiger partial charge in [0.05, 0.1) is 6.21 Å². The number of carbonyl (C=O) groups is 1. The molecule has 0 aliphatic carbocycles. The van der Waals surface area contributed by atoms with E-state index in [1.54, 1.807) is 31.2 Å². The highest BCUT2D eigenvalue weighted by Crippen LogP contribution is 2.20. The van der Waals surface area contributed by atoms with E-state index in [2.05, 4.69) is 10.5 Å². The molecule has 0 saturated heterocycles. The summed E-state index contributed by atoms with van der Waals surface area (Å²) in [5.74, 6) is -0.145. The van der Waals surface area contributed by atoms with Gasteiger partial charge < -0.3 is 14.9 Å². The molecule has 2 rings (SSSR count). The molecule has 120 valence electrons. The first-order valence-corrected chi connectivity index (χ1v) is 7.10. The van der Waals surface area contributed by atoms with Crippen molar-refractivity contribution in [3.63, 3.8) is 0 Å². The Balaban J connectivity index is 1.90. The van der Waals surface area contributed by atoms with Crippen LogP contribution in [0.5, 0.6) is 17.2 Å². The molecule has 7 heteroatoms. The van der Waals surface area contributed by atoms with Crippen LogP contribution in [0.15, 0.2) is 47.6 Å². The number of carbonyl (C=O) groups excluding carboxylic acids is 1. The zero-order chi connectivity index (χ0) is 16.8. The summed E-state index contributed by atoms with van der Waals surface area (Å²) in [6, 6.07) is 10.7. The Hall–Kier alpha value is -2.73. The number of phenols is 2. The number of halogens is 1. The predicted octanol–water partition coefficient (Wildman–Crippen LogP) is 2.67. The molecule has 1 atom stereocenters. The van der Waals surface area contributed by atoms with Crippen LogP contribution in [-0.4, -0.2) is 28.4 Å². The Morgan fingerprint density at radius 1 is 1.26 bits per heavy atom. The van der Waals surface area contributed by atoms with Crippen LogP contribution in [0.4, 0.5) is 0 Å². The lowest BCUT2D eigenvalue weighted by molar-refractivity contribution is -0.127. The second-order valence-corrected chi connectivity index (χ2v) is 5.13. The number of phenolic OH excluding ortho intramolecular Hbond substituents is 2. The highest BCUT2D eigenvalue weighted by molar-refractivity contribution is 6.30. The lowest BCUT2D eigenvalue weighted by atomic mass is 10.2. The number of hydrogen-bond donors (Lipinski definition) is 3. The van der Waals surface area contributed by atoms with E-state index in [1.165, 1.54) is 24.4 Å². The summed E-state index contributed by atoms with van der Waals surface area (Å²) in [6.45, 7) is 1.58. The van der Waals surface area contributed by atoms with Crippen molar-refractivity contribution >= 4 is 23.7 Å². The number of hydrazone groups is 1. The smallest absolute Gasteiger partial charge is 0.280 e. The Labute approximate surface area is 138 Å². The summed E-state index contributed by atoms with van der Waals surface area (Å²) in [5.41, 5.74) is 2.67. The van der Waals surface area contributed by atoms with Crippen LogP contribution in [0.1, 0.15) is 12.5 Å². The monoisotopic (exact) mass is 334 g/mol. The summed E-state index contributed by atoms with van der Waals surface area (Å²) in [4.78, 5) is 11.9. The molecule has 3 N–H and O–H groups in total. The van der Waals surface area contributed by atoms with Gasteiger partial charge in [0.25, 0.3) is 5.91 Å². The quantitative estimate of drug-likeness (QED) is 0.579. The third kappa shape index (κ3) is 4.89. The van der Waals surface area contributed by atoms with Crippen molar-refractivity contribution in [1.82, 2.24) is 5.43 Å². The number of nitrogens with zero attached hydrogens (tertiary/aromatic N) is 1. The summed E-state index contributed by atoms with van der Waals surface area (Å²) < 4.78 is 5.45. The van der Waals surface area contributed by atoms with Crippen LogP contribution in [-0.2, 0) is 4.79 Å². The van der Waals surface area contributed by atoms with Crippen molar-refractivity contribution in [1.29, 1.82) is 0 Å². The van der Waals surface area contributed by atoms with Crippen LogP contribution in [0.25, 0.3) is 0 Å². The molecule has 0 heterocycles. The fraction of sp³-hybridized carbons (Fsp3) is 0.125. The average Bonchev–Trinajstić information content (AvgIpc) is 2.51. The first-order chi connectivity index (χ1) is 11.0. The van der Waals surface area contributed by atoms with Crippen LogP contribution >= 0.6 is 11.6 Å². The van der Waals surface area contributed by atoms with E-state index >= 15 is 0 Å². The van der Waals surface area contributed by atoms with Gasteiger partial charge in [-0.3, -0.25) is 4.79 Å². The van der Waals surface area contributed by atoms with Crippen molar-refractivity contribution in [2.45, 2.75) is 13.0 Å². The highest BCUT2D eigenvalue weighted by atomic mass is 35.5. The Kier molecular flexibility index (Phi) is 5.43. The van der Waals surface area contributed by atoms with Gasteiger partial charge >= 0.3 is 0 Å². The van der Waals surface area contributed by atoms with Crippen molar-refractivity contribution in [2.24, 2.45) is 5.10 Å². The maximum absolute atomic E-state index is 11.9. The molecule has 2 aromatic rings. The van der Waals surface area contributed by atoms with E-state index in [0.29, 0.717) is 16.3 Å². The summed E-state index contributed by atoms with van der Waals surface area (Å²) in [6.07, 6.45) is 0.503. The first-order valence-electron chi connectivity index (χ1n) is 6.73. The summed E-state index contributed by atoms with van der Waals surface area (Å²) >= 11 is 5.77. The number of aromatic hydroxyl groups is 2. The van der Waals surface area contributed by atoms with Crippen LogP contribution in [0.2, 0.25) is 5.02 Å². The zero-order valence-corrected chi connectivity index (χ0v) is 13.0. The fourth-order valence-electron chi connectivity index (χ4n) is 1.67. The average molecular weight is 335 g/mol. The Bertz CT molecular complexity index is 717. The van der Waals surface area contributed by atoms with E-state index < -0.39 is 12.0 Å². The van der Waals surface area contributed by atoms with Gasteiger partial charge in [-0.1, -0.05) is 11.6 Å². The van der Waals surface area contributed by atoms with Gasteiger partial charge in [0.1, 0.15) is 17.2 Å². The van der Waals surface area contributed by atoms with Crippen molar-refractivity contribution < 1.29 is 19.7 Å². The lowest BCUT2D eigenvalue weighted by Crippen LogP contribution is -2.33. The lowest BCUT2D eigenvalue weighted by Gasteiger charge is -2.12. The number of ether oxygens (including phenoxy) is 1. The first kappa shape index (κ1) is 16.6. The molecule has 0 unspecified atom stereocenters. The molecule has 0 bridgehead atoms. The minimum atomic E-state index is -0.762. The third-order valence-electron chi connectivity index (χ3n) is 2.89. The van der Waals surface area contributed by atoms with Gasteiger partial charge in [-0.15, -0.1) is 0 Å². The van der Waals surface area contributed by atoms with Gasteiger partial charge in [0, 0.05) is 16.7 Å². The Morgan fingerprint density at radius 3 is 2.61 bits per heavy atom. The largest absolute Gasteiger partial charge is 0.508 e. The minimum absolute atomic E-state index is 0.0614. The van der Waals surface area contributed by atoms with Crippen LogP contribution < -0.4 is 10.2 Å². The maximum atomic E-state index is 11.9. The summed E-state index contributed by atoms with van der Waals surface area (Å²) in [7, 11) is 0. The number of amides is 1. The standard InChI is InChI=1S/C16H15ClN2O4/c1-10(23-14-6-3-12(17)4-7-14)16(22)19-18-9-11-2-5-13(20)8-15(11)21/h2-10,20-21H,1H3,(H,19,22)/b18-9-/t10-/m1/s1. The number of hydrogen-bond acceptors (Lipinski definition) is 5. The predicted molar refractivity (Wildman–Crippen MR) is 87.1 cm³/mol. The van der Waals surface area contributed by atoms with Crippen LogP contribution in [0.3, 0.4) is 0 Å². The molecule has 0 aliphatic rings. The molecule has 2 aromatic carbocycles. The van der Waals surface area contributed by atoms with Gasteiger partial charge in [-0.2, -0.15) is 5.10 Å². The molecule has 1 amide bonds. The fourth-order valence-corrected chi connectivity index (χ4v) is 1.79. The Morgan fingerprint density at radius 2 is 1.96 bits per heavy atom. The second-order valence-electron chi connectivity index (χ2n) is 4.69. The van der Waals surface area contributed by atoms with Crippen molar-refractivity contribution in [3.05, 3.63) is 53.1 Å². The minimum Gasteiger partial charge on any atom is -0.508 e. The van der Waals surface area contributed by atoms with Crippen molar-refractivity contribution in [3.8, 4) is 17.2 Å². The topological polar surface area (TPSA) is 91.2 Å². The molecule has 0 aliphatic heterocycles. The van der Waals surface area contributed by atoms with E-state index in [1.807, 2.05) is 0 Å². The van der Waals surface area contributed by atoms with Gasteiger partial charge in [0.2, 0.25) is 0 Å². The van der Waals surface area contributed by atoms with Gasteiger partial charge in [-0.25, -0.2) is 5.43 Å². The highest BCUT2D eigenvalue weighted by Gasteiger charge is 2.13. The van der Waals surface area contributed by atoms with Crippen LogP contribution in [0, 0.1) is 0 Å². The normalized spacial score (nSPS) is 12.1. The molecular weight excluding hydrogens is 320 g/mol. The third-order valence-corrected chi connectivity index (χ3v) is 3.14. The molecule has 0 saturated carbocycles. The molecule has 0 spiro atoms. The SMILES string of the molecule is C[C@@H](Oc1ccc(Cl)cc1)C(=O)N/N=C\c1ccc(O)cc1O. The number of benzene rings is 2. The van der Waals surface area contributed by atoms with E-state index in [0.717, 1.165) is 0 Å². The maximum Gasteiger partial charge on any atom is 0.280 e. The molecule has 23 heavy (non-hydrogen) atoms. The molecule has 0 fully saturated rings. The number of rotatable bonds is 5. The van der Waals surface area contributed by atoms with E-state index in [-0.39, 0.29) is 11.5 Å². The molecule has 0 radical (unpaired) electrons. The van der Waals surface area contributed by atoms with Gasteiger partial charge in [0.15, 0.2) is 6.10 Å². The molecular formula is C16H15ClN2O4. The summed E-state index contributed by atoms with van der Waals surface area (Å²) in [5, 5.41) is 23.1. The van der Waals surface area contributed by atoms with E-state index in [9.17, 15) is 15.0 Å². The molecule has 0 aromatic heterocycles. The van der Waals surface area contributed by atoms with Gasteiger partial charge in [-0.05, 0) is 43.3 Å².